The van der Waals surface area contributed by atoms with Gasteiger partial charge in [-0.1, -0.05) is 6.07 Å². The molecule has 0 radical (unpaired) electrons. The van der Waals surface area contributed by atoms with E-state index in [0.29, 0.717) is 5.82 Å². The van der Waals surface area contributed by atoms with Crippen LogP contribution < -0.4 is 10.1 Å². The average Bonchev–Trinajstić information content (AvgIpc) is 3.62. The molecule has 2 unspecified atom stereocenters. The summed E-state index contributed by atoms with van der Waals surface area (Å²) in [5, 5.41) is 21.6. The van der Waals surface area contributed by atoms with Gasteiger partial charge in [-0.25, -0.2) is 9.37 Å². The number of hydrogen-bond acceptors (Lipinski definition) is 7. The summed E-state index contributed by atoms with van der Waals surface area (Å²) in [6, 6.07) is 14.9. The number of aliphatic hydroxyl groups is 1. The Balaban J connectivity index is 1.25. The third kappa shape index (κ3) is 5.54. The lowest BCUT2D eigenvalue weighted by Crippen LogP contribution is -2.50. The van der Waals surface area contributed by atoms with Crippen molar-refractivity contribution in [2.75, 3.05) is 25.0 Å². The predicted molar refractivity (Wildman–Crippen MR) is 141 cm³/mol. The standard InChI is InChI=1S/C28H27FN4O4S/c1-16-2-5-25(38-16)20-12-21(20)28(36)32-26-11-18(6-8-31-26)17-3-4-23(19(10-17)13-30)37-24-7-9-33(14-22(24)29)27(35)15-34/h2-6,8,10-11,20-22,24,34H,7,9,12,14-15H2,1H3,(H,31,32,36)/t20?,21?,22-,24+/m1/s1. The molecule has 0 bridgehead atoms. The molecule has 3 aromatic rings. The van der Waals surface area contributed by atoms with E-state index in [0.717, 1.165) is 17.5 Å². The van der Waals surface area contributed by atoms with Crippen LogP contribution in [0.5, 0.6) is 5.75 Å². The van der Waals surface area contributed by atoms with E-state index >= 15 is 0 Å². The van der Waals surface area contributed by atoms with Gasteiger partial charge in [0.2, 0.25) is 11.8 Å². The summed E-state index contributed by atoms with van der Waals surface area (Å²) >= 11 is 1.73. The number of nitrogens with one attached hydrogen (secondary N) is 1. The third-order valence-corrected chi connectivity index (χ3v) is 8.08. The van der Waals surface area contributed by atoms with E-state index < -0.39 is 24.8 Å². The van der Waals surface area contributed by atoms with Crippen molar-refractivity contribution >= 4 is 29.0 Å². The smallest absolute Gasteiger partial charge is 0.248 e. The van der Waals surface area contributed by atoms with Gasteiger partial charge in [0, 0.05) is 40.8 Å². The van der Waals surface area contributed by atoms with Crippen molar-refractivity contribution in [3.8, 4) is 22.9 Å². The lowest BCUT2D eigenvalue weighted by Gasteiger charge is -2.34. The minimum Gasteiger partial charge on any atom is -0.486 e. The molecule has 1 aliphatic heterocycles. The number of hydrogen-bond donors (Lipinski definition) is 2. The molecule has 1 saturated heterocycles. The molecule has 8 nitrogen and oxygen atoms in total. The number of rotatable bonds is 7. The normalized spacial score (nSPS) is 22.4. The number of ether oxygens (including phenoxy) is 1. The first-order chi connectivity index (χ1) is 18.4. The summed E-state index contributed by atoms with van der Waals surface area (Å²) in [5.74, 6) is 0.318. The molecule has 0 spiro atoms. The highest BCUT2D eigenvalue weighted by Gasteiger charge is 2.44. The molecule has 1 aromatic carbocycles. The Kier molecular flexibility index (Phi) is 7.40. The van der Waals surface area contributed by atoms with Gasteiger partial charge in [-0.3, -0.25) is 9.59 Å². The number of amides is 2. The lowest BCUT2D eigenvalue weighted by atomic mass is 10.0. The number of piperidine rings is 1. The molecule has 1 aliphatic carbocycles. The van der Waals surface area contributed by atoms with Gasteiger partial charge >= 0.3 is 0 Å². The van der Waals surface area contributed by atoms with Crippen LogP contribution in [0.3, 0.4) is 0 Å². The fraction of sp³-hybridized carbons (Fsp3) is 0.357. The van der Waals surface area contributed by atoms with Gasteiger partial charge in [0.25, 0.3) is 0 Å². The Bertz CT molecular complexity index is 1400. The minimum absolute atomic E-state index is 0.0559. The van der Waals surface area contributed by atoms with Gasteiger partial charge in [0.05, 0.1) is 12.1 Å². The summed E-state index contributed by atoms with van der Waals surface area (Å²) in [7, 11) is 0. The molecule has 3 heterocycles. The summed E-state index contributed by atoms with van der Waals surface area (Å²) in [6.07, 6.45) is 0.439. The molecule has 5 rings (SSSR count). The summed E-state index contributed by atoms with van der Waals surface area (Å²) in [4.78, 5) is 32.4. The fourth-order valence-corrected chi connectivity index (χ4v) is 5.81. The van der Waals surface area contributed by atoms with Crippen LogP contribution >= 0.6 is 11.3 Å². The zero-order valence-corrected chi connectivity index (χ0v) is 21.6. The van der Waals surface area contributed by atoms with Gasteiger partial charge in [-0.2, -0.15) is 5.26 Å². The van der Waals surface area contributed by atoms with E-state index in [4.69, 9.17) is 9.84 Å². The number of benzene rings is 1. The van der Waals surface area contributed by atoms with E-state index in [2.05, 4.69) is 35.4 Å². The van der Waals surface area contributed by atoms with E-state index in [1.54, 1.807) is 47.9 Å². The van der Waals surface area contributed by atoms with Gasteiger partial charge in [-0.15, -0.1) is 11.3 Å². The Hall–Kier alpha value is -3.81. The summed E-state index contributed by atoms with van der Waals surface area (Å²) in [5.41, 5.74) is 1.74. The van der Waals surface area contributed by atoms with Crippen molar-refractivity contribution in [1.82, 2.24) is 9.88 Å². The van der Waals surface area contributed by atoms with Crippen LogP contribution in [-0.2, 0) is 9.59 Å². The highest BCUT2D eigenvalue weighted by molar-refractivity contribution is 7.12. The van der Waals surface area contributed by atoms with Crippen molar-refractivity contribution in [3.05, 3.63) is 64.0 Å². The van der Waals surface area contributed by atoms with Crippen molar-refractivity contribution in [2.24, 2.45) is 5.92 Å². The van der Waals surface area contributed by atoms with E-state index in [1.807, 2.05) is 0 Å². The van der Waals surface area contributed by atoms with Gasteiger partial charge in [0.15, 0.2) is 6.17 Å². The maximum Gasteiger partial charge on any atom is 0.248 e. The molecule has 10 heteroatoms. The number of aryl methyl sites for hydroxylation is 1. The molecule has 2 N–H and O–H groups in total. The molecule has 2 aliphatic rings. The maximum absolute atomic E-state index is 14.7. The van der Waals surface area contributed by atoms with Gasteiger partial charge in [-0.05, 0) is 60.9 Å². The number of aliphatic hydroxyl groups excluding tert-OH is 1. The van der Waals surface area contributed by atoms with Crippen molar-refractivity contribution in [2.45, 2.75) is 38.0 Å². The first-order valence-corrected chi connectivity index (χ1v) is 13.2. The SMILES string of the molecule is Cc1ccc(C2CC2C(=O)Nc2cc(-c3ccc(O[C@H]4CCN(C(=O)CO)C[C@H]4F)c(C#N)c3)ccn2)s1. The molecule has 38 heavy (non-hydrogen) atoms. The average molecular weight is 535 g/mol. The summed E-state index contributed by atoms with van der Waals surface area (Å²) in [6.45, 7) is 1.50. The lowest BCUT2D eigenvalue weighted by molar-refractivity contribution is -0.138. The number of thiophene rings is 1. The number of aromatic nitrogens is 1. The predicted octanol–water partition coefficient (Wildman–Crippen LogP) is 4.04. The Morgan fingerprint density at radius 2 is 2.08 bits per heavy atom. The highest BCUT2D eigenvalue weighted by Crippen LogP contribution is 2.50. The van der Waals surface area contributed by atoms with Crippen molar-refractivity contribution in [1.29, 1.82) is 5.26 Å². The fourth-order valence-electron chi connectivity index (χ4n) is 4.75. The Morgan fingerprint density at radius 3 is 2.79 bits per heavy atom. The quantitative estimate of drug-likeness (QED) is 0.473. The number of alkyl halides is 1. The van der Waals surface area contributed by atoms with E-state index in [-0.39, 0.29) is 48.6 Å². The largest absolute Gasteiger partial charge is 0.486 e. The number of halogens is 1. The van der Waals surface area contributed by atoms with Crippen LogP contribution in [0.25, 0.3) is 11.1 Å². The van der Waals surface area contributed by atoms with Crippen LogP contribution in [0.4, 0.5) is 10.2 Å². The second-order valence-electron chi connectivity index (χ2n) is 9.60. The topological polar surface area (TPSA) is 116 Å². The molecule has 196 valence electrons. The van der Waals surface area contributed by atoms with E-state index in [9.17, 15) is 19.2 Å². The molecular formula is C28H27FN4O4S. The Labute approximate surface area is 223 Å². The zero-order chi connectivity index (χ0) is 26.8. The highest BCUT2D eigenvalue weighted by atomic mass is 32.1. The number of carbonyl (C=O) groups excluding carboxylic acids is 2. The molecule has 2 amide bonds. The minimum atomic E-state index is -1.44. The Morgan fingerprint density at radius 1 is 1.26 bits per heavy atom. The molecule has 1 saturated carbocycles. The van der Waals surface area contributed by atoms with Gasteiger partial charge < -0.3 is 20.1 Å². The summed E-state index contributed by atoms with van der Waals surface area (Å²) < 4.78 is 20.5. The number of nitriles is 1. The first-order valence-electron chi connectivity index (χ1n) is 12.4. The number of carbonyl (C=O) groups is 2. The van der Waals surface area contributed by atoms with Crippen LogP contribution in [-0.4, -0.2) is 58.8 Å². The molecular weight excluding hydrogens is 507 g/mol. The third-order valence-electron chi connectivity index (χ3n) is 6.95. The maximum atomic E-state index is 14.7. The molecule has 2 fully saturated rings. The zero-order valence-electron chi connectivity index (χ0n) is 20.8. The van der Waals surface area contributed by atoms with Crippen molar-refractivity contribution < 1.29 is 23.8 Å². The number of likely N-dealkylation sites (tertiary alicyclic amines) is 1. The number of anilines is 1. The first kappa shape index (κ1) is 25.8. The number of nitrogens with zero attached hydrogens (tertiary/aromatic N) is 3. The molecule has 2 aromatic heterocycles. The van der Waals surface area contributed by atoms with Crippen LogP contribution in [0, 0.1) is 24.2 Å². The van der Waals surface area contributed by atoms with E-state index in [1.165, 1.54) is 14.7 Å². The van der Waals surface area contributed by atoms with Crippen LogP contribution in [0.15, 0.2) is 48.7 Å². The second-order valence-corrected chi connectivity index (χ2v) is 10.9. The van der Waals surface area contributed by atoms with Crippen LogP contribution in [0.2, 0.25) is 0 Å². The monoisotopic (exact) mass is 534 g/mol. The second kappa shape index (κ2) is 10.9. The molecule has 4 atom stereocenters. The number of pyridine rings is 1. The van der Waals surface area contributed by atoms with Gasteiger partial charge in [0.1, 0.15) is 30.3 Å². The van der Waals surface area contributed by atoms with Crippen LogP contribution in [0.1, 0.15) is 34.1 Å². The van der Waals surface area contributed by atoms with Crippen molar-refractivity contribution in [3.63, 3.8) is 0 Å².